The lowest BCUT2D eigenvalue weighted by atomic mass is 10.2. The van der Waals surface area contributed by atoms with Crippen LogP contribution in [0.1, 0.15) is 52.4 Å². The van der Waals surface area contributed by atoms with E-state index in [4.69, 9.17) is 21.7 Å². The monoisotopic (exact) mass is 344 g/mol. The summed E-state index contributed by atoms with van der Waals surface area (Å²) >= 11 is 0. The third-order valence-electron chi connectivity index (χ3n) is 2.55. The first-order chi connectivity index (χ1) is 11.0. The van der Waals surface area contributed by atoms with Crippen LogP contribution in [0.15, 0.2) is 24.3 Å². The third kappa shape index (κ3) is 24.4. The highest BCUT2D eigenvalue weighted by Crippen LogP contribution is 1.97. The SMILES string of the molecule is C=C(CC)C(=O)O.C=C(CC)C(=O)O.NC(=O)CCCCC(N)=O. The average Bonchev–Trinajstić information content (AvgIpc) is 2.50. The van der Waals surface area contributed by atoms with Crippen molar-refractivity contribution in [2.24, 2.45) is 11.5 Å². The molecule has 0 aliphatic rings. The number of hydrogen-bond donors (Lipinski definition) is 4. The largest absolute Gasteiger partial charge is 0.478 e. The highest BCUT2D eigenvalue weighted by molar-refractivity contribution is 5.85. The molecule has 0 aromatic carbocycles. The van der Waals surface area contributed by atoms with Crippen molar-refractivity contribution in [3.05, 3.63) is 24.3 Å². The Labute approximate surface area is 142 Å². The number of aliphatic carboxylic acids is 2. The van der Waals surface area contributed by atoms with Crippen LogP contribution in [0.5, 0.6) is 0 Å². The second kappa shape index (κ2) is 16.7. The van der Waals surface area contributed by atoms with Gasteiger partial charge in [-0.3, -0.25) is 9.59 Å². The van der Waals surface area contributed by atoms with Gasteiger partial charge in [-0.2, -0.15) is 0 Å². The van der Waals surface area contributed by atoms with Crippen LogP contribution in [-0.2, 0) is 19.2 Å². The number of carboxylic acids is 2. The van der Waals surface area contributed by atoms with Crippen molar-refractivity contribution < 1.29 is 29.4 Å². The van der Waals surface area contributed by atoms with Gasteiger partial charge < -0.3 is 21.7 Å². The van der Waals surface area contributed by atoms with Crippen LogP contribution in [0.25, 0.3) is 0 Å². The molecule has 0 spiro atoms. The maximum absolute atomic E-state index is 10.2. The van der Waals surface area contributed by atoms with E-state index in [1.165, 1.54) is 0 Å². The van der Waals surface area contributed by atoms with E-state index in [1.54, 1.807) is 13.8 Å². The second-order valence-electron chi connectivity index (χ2n) is 4.66. The van der Waals surface area contributed by atoms with Gasteiger partial charge in [0.05, 0.1) is 0 Å². The van der Waals surface area contributed by atoms with Gasteiger partial charge in [0.2, 0.25) is 11.8 Å². The van der Waals surface area contributed by atoms with Crippen molar-refractivity contribution in [2.75, 3.05) is 0 Å². The van der Waals surface area contributed by atoms with Crippen molar-refractivity contribution in [3.8, 4) is 0 Å². The summed E-state index contributed by atoms with van der Waals surface area (Å²) in [7, 11) is 0. The molecule has 0 aromatic rings. The van der Waals surface area contributed by atoms with Crippen LogP contribution in [-0.4, -0.2) is 34.0 Å². The van der Waals surface area contributed by atoms with Crippen LogP contribution < -0.4 is 11.5 Å². The fourth-order valence-electron chi connectivity index (χ4n) is 0.901. The Hall–Kier alpha value is -2.64. The molecule has 0 bridgehead atoms. The molecular formula is C16H28N2O6. The van der Waals surface area contributed by atoms with Gasteiger partial charge >= 0.3 is 11.9 Å². The molecule has 0 aromatic heterocycles. The predicted molar refractivity (Wildman–Crippen MR) is 91.0 cm³/mol. The Morgan fingerprint density at radius 3 is 1.08 bits per heavy atom. The molecule has 6 N–H and O–H groups in total. The Balaban J connectivity index is -0.000000283. The van der Waals surface area contributed by atoms with Crippen LogP contribution in [0.3, 0.4) is 0 Å². The molecular weight excluding hydrogens is 316 g/mol. The number of unbranched alkanes of at least 4 members (excludes halogenated alkanes) is 1. The molecule has 0 aliphatic carbocycles. The topological polar surface area (TPSA) is 161 Å². The van der Waals surface area contributed by atoms with Crippen LogP contribution >= 0.6 is 0 Å². The lowest BCUT2D eigenvalue weighted by Crippen LogP contribution is -2.12. The van der Waals surface area contributed by atoms with Crippen LogP contribution in [0.2, 0.25) is 0 Å². The van der Waals surface area contributed by atoms with Crippen molar-refractivity contribution >= 4 is 23.8 Å². The molecule has 8 nitrogen and oxygen atoms in total. The molecule has 138 valence electrons. The summed E-state index contributed by atoms with van der Waals surface area (Å²) in [5.74, 6) is -2.46. The molecule has 0 unspecified atom stereocenters. The van der Waals surface area contributed by atoms with Crippen molar-refractivity contribution in [3.63, 3.8) is 0 Å². The summed E-state index contributed by atoms with van der Waals surface area (Å²) in [5, 5.41) is 16.2. The van der Waals surface area contributed by atoms with E-state index >= 15 is 0 Å². The molecule has 0 saturated heterocycles. The zero-order chi connectivity index (χ0) is 19.7. The first kappa shape index (κ1) is 26.3. The lowest BCUT2D eigenvalue weighted by Gasteiger charge is -1.93. The van der Waals surface area contributed by atoms with Crippen LogP contribution in [0, 0.1) is 0 Å². The Morgan fingerprint density at radius 1 is 0.750 bits per heavy atom. The summed E-state index contributed by atoms with van der Waals surface area (Å²) in [4.78, 5) is 40.0. The van der Waals surface area contributed by atoms with Gasteiger partial charge in [0.1, 0.15) is 0 Å². The predicted octanol–water partition coefficient (Wildman–Crippen LogP) is 1.59. The van der Waals surface area contributed by atoms with Crippen molar-refractivity contribution in [1.29, 1.82) is 0 Å². The second-order valence-corrected chi connectivity index (χ2v) is 4.66. The molecule has 0 radical (unpaired) electrons. The summed E-state index contributed by atoms with van der Waals surface area (Å²) < 4.78 is 0. The van der Waals surface area contributed by atoms with E-state index in [0.717, 1.165) is 0 Å². The van der Waals surface area contributed by atoms with E-state index < -0.39 is 11.9 Å². The molecule has 0 atom stereocenters. The summed E-state index contributed by atoms with van der Waals surface area (Å²) in [6, 6.07) is 0. The average molecular weight is 344 g/mol. The molecule has 8 heteroatoms. The lowest BCUT2D eigenvalue weighted by molar-refractivity contribution is -0.133. The number of primary amides is 2. The van der Waals surface area contributed by atoms with Gasteiger partial charge in [-0.15, -0.1) is 0 Å². The molecule has 0 saturated carbocycles. The van der Waals surface area contributed by atoms with E-state index in [9.17, 15) is 19.2 Å². The fraction of sp³-hybridized carbons (Fsp3) is 0.500. The molecule has 0 aliphatic heterocycles. The normalized spacial score (nSPS) is 8.58. The Kier molecular flexibility index (Phi) is 18.3. The third-order valence-corrected chi connectivity index (χ3v) is 2.55. The zero-order valence-corrected chi connectivity index (χ0v) is 14.3. The van der Waals surface area contributed by atoms with Gasteiger partial charge in [0.25, 0.3) is 0 Å². The minimum absolute atomic E-state index is 0.264. The molecule has 0 fully saturated rings. The number of carboxylic acid groups (broad SMARTS) is 2. The summed E-state index contributed by atoms with van der Waals surface area (Å²) in [6.45, 7) is 10.1. The highest BCUT2D eigenvalue weighted by atomic mass is 16.4. The molecule has 2 amide bonds. The maximum Gasteiger partial charge on any atom is 0.330 e. The quantitative estimate of drug-likeness (QED) is 0.367. The first-order valence-corrected chi connectivity index (χ1v) is 7.38. The van der Waals surface area contributed by atoms with Gasteiger partial charge in [0, 0.05) is 24.0 Å². The summed E-state index contributed by atoms with van der Waals surface area (Å²) in [5.41, 5.74) is 10.2. The number of nitrogens with two attached hydrogens (primary N) is 2. The summed E-state index contributed by atoms with van der Waals surface area (Å²) in [6.07, 6.45) is 3.03. The number of hydrogen-bond acceptors (Lipinski definition) is 4. The van der Waals surface area contributed by atoms with Gasteiger partial charge in [-0.05, 0) is 25.7 Å². The fourth-order valence-corrected chi connectivity index (χ4v) is 0.901. The number of amides is 2. The zero-order valence-electron chi connectivity index (χ0n) is 14.3. The minimum atomic E-state index is -0.900. The maximum atomic E-state index is 10.2. The number of carbonyl (C=O) groups is 4. The number of rotatable bonds is 9. The van der Waals surface area contributed by atoms with Gasteiger partial charge in [-0.1, -0.05) is 27.0 Å². The molecule has 0 rings (SSSR count). The van der Waals surface area contributed by atoms with Gasteiger partial charge in [0.15, 0.2) is 0 Å². The first-order valence-electron chi connectivity index (χ1n) is 7.38. The Morgan fingerprint density at radius 2 is 1.00 bits per heavy atom. The van der Waals surface area contributed by atoms with Crippen molar-refractivity contribution in [1.82, 2.24) is 0 Å². The standard InChI is InChI=1S/C6H12N2O2.2C5H8O2/c7-5(9)3-1-2-4-6(8)10;2*1-3-4(2)5(6)7/h1-4H2,(H2,7,9)(H2,8,10);2*2-3H2,1H3,(H,6,7). The highest BCUT2D eigenvalue weighted by Gasteiger charge is 1.97. The van der Waals surface area contributed by atoms with E-state index in [-0.39, 0.29) is 23.0 Å². The Bertz CT molecular complexity index is 415. The van der Waals surface area contributed by atoms with E-state index in [1.807, 2.05) is 0 Å². The number of carbonyl (C=O) groups excluding carboxylic acids is 2. The molecule has 24 heavy (non-hydrogen) atoms. The van der Waals surface area contributed by atoms with Crippen molar-refractivity contribution in [2.45, 2.75) is 52.4 Å². The van der Waals surface area contributed by atoms with Crippen LogP contribution in [0.4, 0.5) is 0 Å². The van der Waals surface area contributed by atoms with Gasteiger partial charge in [-0.25, -0.2) is 9.59 Å². The smallest absolute Gasteiger partial charge is 0.330 e. The van der Waals surface area contributed by atoms with E-state index in [0.29, 0.717) is 38.5 Å². The molecule has 0 heterocycles. The van der Waals surface area contributed by atoms with E-state index in [2.05, 4.69) is 13.2 Å². The minimum Gasteiger partial charge on any atom is -0.478 e.